The average Bonchev–Trinajstić information content (AvgIpc) is 3.14. The zero-order valence-corrected chi connectivity index (χ0v) is 26.3. The number of rotatable bonds is 10. The molecule has 0 saturated carbocycles. The molecule has 0 fully saturated rings. The number of ether oxygens (including phenoxy) is 2. The van der Waals surface area contributed by atoms with Gasteiger partial charge in [-0.15, -0.1) is 0 Å². The normalized spacial score (nSPS) is 12.0. The van der Waals surface area contributed by atoms with Crippen molar-refractivity contribution in [1.29, 1.82) is 0 Å². The molecule has 6 nitrogen and oxygen atoms in total. The third-order valence-electron chi connectivity index (χ3n) is 7.23. The molecular formula is C40H32N2O4S. The highest BCUT2D eigenvalue weighted by molar-refractivity contribution is 7.91. The first-order chi connectivity index (χ1) is 23.0. The highest BCUT2D eigenvalue weighted by Gasteiger charge is 2.18. The van der Waals surface area contributed by atoms with Crippen molar-refractivity contribution < 1.29 is 17.9 Å². The van der Waals surface area contributed by atoms with E-state index in [2.05, 4.69) is 0 Å². The van der Waals surface area contributed by atoms with E-state index in [9.17, 15) is 8.42 Å². The van der Waals surface area contributed by atoms with Crippen molar-refractivity contribution in [2.75, 3.05) is 0 Å². The molecular weight excluding hydrogens is 605 g/mol. The van der Waals surface area contributed by atoms with E-state index in [1.54, 1.807) is 48.5 Å². The minimum absolute atomic E-state index is 0.162. The molecule has 0 unspecified atom stereocenters. The molecule has 0 N–H and O–H groups in total. The first kappa shape index (κ1) is 31.2. The number of aliphatic imine (C=N–C) groups is 2. The summed E-state index contributed by atoms with van der Waals surface area (Å²) in [6.07, 6.45) is 0. The summed E-state index contributed by atoms with van der Waals surface area (Å²) in [5, 5.41) is 0. The molecule has 6 aromatic rings. The Morgan fingerprint density at radius 3 is 1.09 bits per heavy atom. The molecule has 0 radical (unpaired) electrons. The fourth-order valence-corrected chi connectivity index (χ4v) is 6.00. The first-order valence-electron chi connectivity index (χ1n) is 15.1. The Hall–Kier alpha value is -5.79. The van der Waals surface area contributed by atoms with Gasteiger partial charge < -0.3 is 9.47 Å². The van der Waals surface area contributed by atoms with Crippen LogP contribution >= 0.6 is 0 Å². The molecule has 0 aromatic heterocycles. The lowest BCUT2D eigenvalue weighted by Crippen LogP contribution is -2.07. The lowest BCUT2D eigenvalue weighted by Gasteiger charge is -2.11. The summed E-state index contributed by atoms with van der Waals surface area (Å²) in [6.45, 7) is 0.708. The van der Waals surface area contributed by atoms with Crippen LogP contribution in [0.4, 0.5) is 11.4 Å². The Morgan fingerprint density at radius 1 is 0.426 bits per heavy atom. The Morgan fingerprint density at radius 2 is 0.745 bits per heavy atom. The predicted molar refractivity (Wildman–Crippen MR) is 186 cm³/mol. The van der Waals surface area contributed by atoms with Crippen molar-refractivity contribution in [1.82, 2.24) is 0 Å². The largest absolute Gasteiger partial charge is 0.472 e. The molecule has 0 spiro atoms. The van der Waals surface area contributed by atoms with Crippen molar-refractivity contribution in [3.05, 3.63) is 192 Å². The molecule has 0 aliphatic carbocycles. The van der Waals surface area contributed by atoms with E-state index in [0.29, 0.717) is 36.4 Å². The van der Waals surface area contributed by atoms with E-state index in [1.165, 1.54) is 0 Å². The van der Waals surface area contributed by atoms with Crippen LogP contribution in [0.3, 0.4) is 0 Å². The number of sulfone groups is 1. The summed E-state index contributed by atoms with van der Waals surface area (Å²) in [6, 6.07) is 51.9. The number of nitrogens with zero attached hydrogens (tertiary/aromatic N) is 2. The van der Waals surface area contributed by atoms with Gasteiger partial charge in [0.15, 0.2) is 0 Å². The Balaban J connectivity index is 1.20. The van der Waals surface area contributed by atoms with Gasteiger partial charge in [0.2, 0.25) is 21.6 Å². The molecule has 6 rings (SSSR count). The van der Waals surface area contributed by atoms with Crippen molar-refractivity contribution in [2.24, 2.45) is 9.98 Å². The maximum Gasteiger partial charge on any atom is 0.221 e. The minimum atomic E-state index is -3.79. The highest BCUT2D eigenvalue weighted by Crippen LogP contribution is 2.26. The molecule has 0 bridgehead atoms. The monoisotopic (exact) mass is 636 g/mol. The Bertz CT molecular complexity index is 1900. The van der Waals surface area contributed by atoms with Gasteiger partial charge in [-0.25, -0.2) is 18.4 Å². The van der Waals surface area contributed by atoms with Crippen LogP contribution in [0.5, 0.6) is 0 Å². The molecule has 0 heterocycles. The summed E-state index contributed by atoms with van der Waals surface area (Å²) in [4.78, 5) is 9.75. The van der Waals surface area contributed by atoms with E-state index in [0.717, 1.165) is 22.3 Å². The van der Waals surface area contributed by atoms with Crippen LogP contribution in [0, 0.1) is 0 Å². The van der Waals surface area contributed by atoms with Crippen LogP contribution in [0.2, 0.25) is 0 Å². The number of benzene rings is 6. The third-order valence-corrected chi connectivity index (χ3v) is 9.02. The fourth-order valence-electron chi connectivity index (χ4n) is 4.74. The second-order valence-corrected chi connectivity index (χ2v) is 12.6. The summed E-state index contributed by atoms with van der Waals surface area (Å²) in [5.74, 6) is 0.896. The molecule has 232 valence electrons. The standard InChI is InChI=1S/C40H32N2O4S/c43-47(44,37-25-21-35(22-26-37)41-39(33-17-9-3-10-18-33)45-29-31-13-5-1-6-14-31)38-27-23-36(24-28-38)42-40(34-19-11-4-12-20-34)46-30-32-15-7-2-8-16-32/h1-28H,29-30H2/b41-39-,42-40-. The minimum Gasteiger partial charge on any atom is -0.472 e. The van der Waals surface area contributed by atoms with E-state index < -0.39 is 9.84 Å². The van der Waals surface area contributed by atoms with E-state index in [-0.39, 0.29) is 9.79 Å². The quantitative estimate of drug-likeness (QED) is 0.111. The second-order valence-electron chi connectivity index (χ2n) is 10.6. The molecule has 0 amide bonds. The van der Waals surface area contributed by atoms with Crippen LogP contribution in [-0.4, -0.2) is 20.2 Å². The second kappa shape index (κ2) is 15.0. The van der Waals surface area contributed by atoms with E-state index >= 15 is 0 Å². The van der Waals surface area contributed by atoms with Gasteiger partial charge in [-0.05, 0) is 83.9 Å². The maximum atomic E-state index is 13.5. The molecule has 0 aliphatic rings. The summed E-state index contributed by atoms with van der Waals surface area (Å²) >= 11 is 0. The fraction of sp³-hybridized carbons (Fsp3) is 0.0500. The predicted octanol–water partition coefficient (Wildman–Crippen LogP) is 9.11. The number of hydrogen-bond donors (Lipinski definition) is 0. The van der Waals surface area contributed by atoms with E-state index in [4.69, 9.17) is 19.5 Å². The molecule has 7 heteroatoms. The van der Waals surface area contributed by atoms with Gasteiger partial charge >= 0.3 is 0 Å². The zero-order valence-electron chi connectivity index (χ0n) is 25.5. The van der Waals surface area contributed by atoms with E-state index in [1.807, 2.05) is 121 Å². The zero-order chi connectivity index (χ0) is 32.3. The summed E-state index contributed by atoms with van der Waals surface area (Å²) < 4.78 is 39.3. The highest BCUT2D eigenvalue weighted by atomic mass is 32.2. The molecule has 0 saturated heterocycles. The number of hydrogen-bond acceptors (Lipinski definition) is 6. The van der Waals surface area contributed by atoms with Crippen LogP contribution in [0.1, 0.15) is 22.3 Å². The van der Waals surface area contributed by atoms with Crippen LogP contribution < -0.4 is 0 Å². The van der Waals surface area contributed by atoms with Gasteiger partial charge in [-0.3, -0.25) is 0 Å². The van der Waals surface area contributed by atoms with Gasteiger partial charge in [0.25, 0.3) is 0 Å². The van der Waals surface area contributed by atoms with Crippen LogP contribution in [-0.2, 0) is 32.5 Å². The molecule has 0 atom stereocenters. The Kier molecular flexibility index (Phi) is 9.95. The van der Waals surface area contributed by atoms with Crippen molar-refractivity contribution in [3.63, 3.8) is 0 Å². The van der Waals surface area contributed by atoms with Crippen molar-refractivity contribution in [2.45, 2.75) is 23.0 Å². The lowest BCUT2D eigenvalue weighted by molar-refractivity contribution is 0.294. The van der Waals surface area contributed by atoms with Crippen LogP contribution in [0.25, 0.3) is 0 Å². The maximum absolute atomic E-state index is 13.5. The third kappa shape index (κ3) is 8.28. The van der Waals surface area contributed by atoms with Gasteiger partial charge in [-0.2, -0.15) is 0 Å². The van der Waals surface area contributed by atoms with Gasteiger partial charge in [0, 0.05) is 11.1 Å². The van der Waals surface area contributed by atoms with Crippen LogP contribution in [0.15, 0.2) is 190 Å². The van der Waals surface area contributed by atoms with Crippen molar-refractivity contribution in [3.8, 4) is 0 Å². The smallest absolute Gasteiger partial charge is 0.221 e. The molecule has 47 heavy (non-hydrogen) atoms. The molecule has 6 aromatic carbocycles. The summed E-state index contributed by atoms with van der Waals surface area (Å²) in [5.41, 5.74) is 4.83. The van der Waals surface area contributed by atoms with Crippen molar-refractivity contribution >= 4 is 33.0 Å². The van der Waals surface area contributed by atoms with Gasteiger partial charge in [0.1, 0.15) is 13.2 Å². The Labute approximate surface area is 275 Å². The summed E-state index contributed by atoms with van der Waals surface area (Å²) in [7, 11) is -3.79. The lowest BCUT2D eigenvalue weighted by atomic mass is 10.2. The SMILES string of the molecule is O=S(=O)(c1ccc(/N=C(\OCc2ccccc2)c2ccccc2)cc1)c1ccc(/N=C(\OCc2ccccc2)c2ccccc2)cc1. The first-order valence-corrected chi connectivity index (χ1v) is 16.6. The molecule has 0 aliphatic heterocycles. The van der Waals surface area contributed by atoms with Gasteiger partial charge in [-0.1, -0.05) is 97.1 Å². The average molecular weight is 637 g/mol. The van der Waals surface area contributed by atoms with Gasteiger partial charge in [0.05, 0.1) is 21.2 Å². The topological polar surface area (TPSA) is 77.3 Å².